The fraction of sp³-hybridized carbons (Fsp3) is 0.357. The Balaban J connectivity index is 2.87. The van der Waals surface area contributed by atoms with Gasteiger partial charge in [0.25, 0.3) is 0 Å². The molecule has 0 aromatic heterocycles. The van der Waals surface area contributed by atoms with Gasteiger partial charge in [-0.25, -0.2) is 4.39 Å². The standard InChI is InChI=1S/C14H14FNO2/c1-2-3-8-12(17)13(15)14(18)11-7-5-4-6-10(11)9-16/h4-7,13H,2-3,8H2,1H3. The molecule has 3 nitrogen and oxygen atoms in total. The lowest BCUT2D eigenvalue weighted by Gasteiger charge is -2.07. The number of halogens is 1. The zero-order valence-electron chi connectivity index (χ0n) is 10.1. The normalized spacial score (nSPS) is 11.6. The molecule has 0 spiro atoms. The first-order valence-electron chi connectivity index (χ1n) is 5.82. The molecule has 0 N–H and O–H groups in total. The first kappa shape index (κ1) is 14.0. The first-order valence-corrected chi connectivity index (χ1v) is 5.82. The summed E-state index contributed by atoms with van der Waals surface area (Å²) in [4.78, 5) is 23.2. The second-order valence-corrected chi connectivity index (χ2v) is 3.95. The average Bonchev–Trinajstić information content (AvgIpc) is 2.42. The van der Waals surface area contributed by atoms with Crippen LogP contribution in [0.25, 0.3) is 0 Å². The maximum Gasteiger partial charge on any atom is 0.220 e. The lowest BCUT2D eigenvalue weighted by Crippen LogP contribution is -2.26. The monoisotopic (exact) mass is 247 g/mol. The van der Waals surface area contributed by atoms with Crippen LogP contribution in [0.5, 0.6) is 0 Å². The number of carbonyl (C=O) groups excluding carboxylic acids is 2. The van der Waals surface area contributed by atoms with Gasteiger partial charge in [0.1, 0.15) is 0 Å². The van der Waals surface area contributed by atoms with Crippen LogP contribution in [0, 0.1) is 11.3 Å². The summed E-state index contributed by atoms with van der Waals surface area (Å²) in [6.45, 7) is 1.88. The predicted molar refractivity (Wildman–Crippen MR) is 64.9 cm³/mol. The molecule has 1 aromatic rings. The van der Waals surface area contributed by atoms with E-state index in [1.54, 1.807) is 6.07 Å². The van der Waals surface area contributed by atoms with Crippen molar-refractivity contribution in [3.8, 4) is 6.07 Å². The molecule has 1 atom stereocenters. The Kier molecular flexibility index (Phi) is 5.19. The van der Waals surface area contributed by atoms with Gasteiger partial charge in [0, 0.05) is 12.0 Å². The Morgan fingerprint density at radius 2 is 2.06 bits per heavy atom. The molecule has 0 bridgehead atoms. The van der Waals surface area contributed by atoms with Gasteiger partial charge in [0.15, 0.2) is 5.78 Å². The zero-order chi connectivity index (χ0) is 13.5. The average molecular weight is 247 g/mol. The molecule has 1 unspecified atom stereocenters. The fourth-order valence-electron chi connectivity index (χ4n) is 1.56. The van der Waals surface area contributed by atoms with Gasteiger partial charge >= 0.3 is 0 Å². The topological polar surface area (TPSA) is 57.9 Å². The molecule has 0 amide bonds. The van der Waals surface area contributed by atoms with Crippen molar-refractivity contribution in [3.63, 3.8) is 0 Å². The Bertz CT molecular complexity index is 491. The van der Waals surface area contributed by atoms with E-state index in [4.69, 9.17) is 5.26 Å². The molecule has 0 saturated carbocycles. The van der Waals surface area contributed by atoms with Crippen molar-refractivity contribution in [1.29, 1.82) is 5.26 Å². The molecule has 0 fully saturated rings. The summed E-state index contributed by atoms with van der Waals surface area (Å²) in [5.74, 6) is -1.64. The predicted octanol–water partition coefficient (Wildman–Crippen LogP) is 2.84. The number of unbranched alkanes of at least 4 members (excludes halogenated alkanes) is 1. The second-order valence-electron chi connectivity index (χ2n) is 3.95. The molecular formula is C14H14FNO2. The van der Waals surface area contributed by atoms with Crippen molar-refractivity contribution in [2.75, 3.05) is 0 Å². The highest BCUT2D eigenvalue weighted by molar-refractivity contribution is 6.14. The van der Waals surface area contributed by atoms with Crippen molar-refractivity contribution in [3.05, 3.63) is 35.4 Å². The molecule has 94 valence electrons. The van der Waals surface area contributed by atoms with E-state index in [9.17, 15) is 14.0 Å². The summed E-state index contributed by atoms with van der Waals surface area (Å²) in [5.41, 5.74) is 0.0609. The summed E-state index contributed by atoms with van der Waals surface area (Å²) >= 11 is 0. The third-order valence-electron chi connectivity index (χ3n) is 2.60. The van der Waals surface area contributed by atoms with E-state index >= 15 is 0 Å². The first-order chi connectivity index (χ1) is 8.61. The van der Waals surface area contributed by atoms with Gasteiger partial charge in [0.2, 0.25) is 12.0 Å². The van der Waals surface area contributed by atoms with E-state index in [0.717, 1.165) is 6.42 Å². The van der Waals surface area contributed by atoms with E-state index in [2.05, 4.69) is 0 Å². The van der Waals surface area contributed by atoms with Crippen LogP contribution in [0.4, 0.5) is 4.39 Å². The summed E-state index contributed by atoms with van der Waals surface area (Å²) < 4.78 is 13.7. The minimum absolute atomic E-state index is 0.0302. The van der Waals surface area contributed by atoms with Gasteiger partial charge in [-0.3, -0.25) is 9.59 Å². The van der Waals surface area contributed by atoms with Crippen molar-refractivity contribution < 1.29 is 14.0 Å². The van der Waals surface area contributed by atoms with Crippen LogP contribution >= 0.6 is 0 Å². The Hall–Kier alpha value is -2.02. The number of hydrogen-bond donors (Lipinski definition) is 0. The number of Topliss-reactive ketones (excluding diaryl/α,β-unsaturated/α-hetero) is 2. The van der Waals surface area contributed by atoms with Crippen LogP contribution in [0.15, 0.2) is 24.3 Å². The number of rotatable bonds is 6. The molecule has 0 aliphatic rings. The highest BCUT2D eigenvalue weighted by Crippen LogP contribution is 2.14. The third-order valence-corrected chi connectivity index (χ3v) is 2.60. The number of ketones is 2. The fourth-order valence-corrected chi connectivity index (χ4v) is 1.56. The molecule has 0 radical (unpaired) electrons. The van der Waals surface area contributed by atoms with Crippen LogP contribution < -0.4 is 0 Å². The van der Waals surface area contributed by atoms with E-state index in [1.807, 2.05) is 13.0 Å². The maximum absolute atomic E-state index is 13.7. The van der Waals surface area contributed by atoms with E-state index in [-0.39, 0.29) is 17.5 Å². The molecule has 18 heavy (non-hydrogen) atoms. The molecule has 0 aliphatic carbocycles. The molecule has 0 heterocycles. The SMILES string of the molecule is CCCCC(=O)C(F)C(=O)c1ccccc1C#N. The minimum Gasteiger partial charge on any atom is -0.296 e. The molecule has 0 aliphatic heterocycles. The lowest BCUT2D eigenvalue weighted by atomic mass is 9.98. The van der Waals surface area contributed by atoms with E-state index in [1.165, 1.54) is 18.2 Å². The van der Waals surface area contributed by atoms with Crippen LogP contribution in [0.3, 0.4) is 0 Å². The molecule has 0 saturated heterocycles. The van der Waals surface area contributed by atoms with Gasteiger partial charge in [-0.2, -0.15) is 5.26 Å². The smallest absolute Gasteiger partial charge is 0.220 e. The molecule has 4 heteroatoms. The molecule has 1 aromatic carbocycles. The number of carbonyl (C=O) groups is 2. The van der Waals surface area contributed by atoms with Crippen molar-refractivity contribution in [2.45, 2.75) is 32.4 Å². The van der Waals surface area contributed by atoms with Crippen molar-refractivity contribution in [2.24, 2.45) is 0 Å². The largest absolute Gasteiger partial charge is 0.296 e. The van der Waals surface area contributed by atoms with Gasteiger partial charge in [-0.1, -0.05) is 25.5 Å². The minimum atomic E-state index is -2.16. The Labute approximate surface area is 105 Å². The van der Waals surface area contributed by atoms with E-state index in [0.29, 0.717) is 6.42 Å². The number of hydrogen-bond acceptors (Lipinski definition) is 3. The lowest BCUT2D eigenvalue weighted by molar-refractivity contribution is -0.122. The van der Waals surface area contributed by atoms with E-state index < -0.39 is 17.7 Å². The molecular weight excluding hydrogens is 233 g/mol. The number of benzene rings is 1. The van der Waals surface area contributed by atoms with Crippen LogP contribution in [-0.2, 0) is 4.79 Å². The summed E-state index contributed by atoms with van der Waals surface area (Å²) in [7, 11) is 0. The third kappa shape index (κ3) is 3.24. The highest BCUT2D eigenvalue weighted by Gasteiger charge is 2.27. The quantitative estimate of drug-likeness (QED) is 0.573. The number of nitrogens with zero attached hydrogens (tertiary/aromatic N) is 1. The van der Waals surface area contributed by atoms with Crippen molar-refractivity contribution in [1.82, 2.24) is 0 Å². The maximum atomic E-state index is 13.7. The van der Waals surface area contributed by atoms with Gasteiger partial charge in [0.05, 0.1) is 11.6 Å². The Morgan fingerprint density at radius 1 is 1.39 bits per heavy atom. The van der Waals surface area contributed by atoms with Gasteiger partial charge < -0.3 is 0 Å². The number of alkyl halides is 1. The summed E-state index contributed by atoms with van der Waals surface area (Å²) in [6, 6.07) is 7.73. The summed E-state index contributed by atoms with van der Waals surface area (Å²) in [6.07, 6.45) is -0.780. The van der Waals surface area contributed by atoms with Crippen molar-refractivity contribution >= 4 is 11.6 Å². The van der Waals surface area contributed by atoms with Gasteiger partial charge in [-0.15, -0.1) is 0 Å². The van der Waals surface area contributed by atoms with Crippen LogP contribution in [0.2, 0.25) is 0 Å². The van der Waals surface area contributed by atoms with Gasteiger partial charge in [-0.05, 0) is 18.6 Å². The molecule has 1 rings (SSSR count). The van der Waals surface area contributed by atoms with Crippen LogP contribution in [0.1, 0.15) is 42.1 Å². The summed E-state index contributed by atoms with van der Waals surface area (Å²) in [5, 5.41) is 8.82. The second kappa shape index (κ2) is 6.65. The number of nitriles is 1. The highest BCUT2D eigenvalue weighted by atomic mass is 19.1. The zero-order valence-corrected chi connectivity index (χ0v) is 10.1. The Morgan fingerprint density at radius 3 is 2.67 bits per heavy atom. The van der Waals surface area contributed by atoms with Crippen LogP contribution in [-0.4, -0.2) is 17.7 Å².